The number of anilines is 2. The summed E-state index contributed by atoms with van der Waals surface area (Å²) >= 11 is 0. The summed E-state index contributed by atoms with van der Waals surface area (Å²) < 4.78 is 0. The minimum atomic E-state index is -0.476. The number of hydrogen-bond donors (Lipinski definition) is 3. The quantitative estimate of drug-likeness (QED) is 0.575. The molecule has 2 rings (SSSR count). The Labute approximate surface area is 166 Å². The summed E-state index contributed by atoms with van der Waals surface area (Å²) in [6.07, 6.45) is 1.61. The Morgan fingerprint density at radius 3 is 2.18 bits per heavy atom. The van der Waals surface area contributed by atoms with Gasteiger partial charge in [-0.15, -0.1) is 6.58 Å². The van der Waals surface area contributed by atoms with Gasteiger partial charge in [0.05, 0.1) is 0 Å². The predicted octanol–water partition coefficient (Wildman–Crippen LogP) is 4.02. The van der Waals surface area contributed by atoms with Gasteiger partial charge in [0.15, 0.2) is 0 Å². The minimum Gasteiger partial charge on any atom is -0.370 e. The van der Waals surface area contributed by atoms with Crippen molar-refractivity contribution in [2.75, 3.05) is 30.3 Å². The van der Waals surface area contributed by atoms with Crippen LogP contribution < -0.4 is 16.0 Å². The molecule has 2 aromatic carbocycles. The van der Waals surface area contributed by atoms with Crippen LogP contribution in [0, 0.1) is 0 Å². The fourth-order valence-electron chi connectivity index (χ4n) is 2.81. The van der Waals surface area contributed by atoms with Crippen molar-refractivity contribution in [3.8, 4) is 0 Å². The second-order valence-corrected chi connectivity index (χ2v) is 6.20. The lowest BCUT2D eigenvalue weighted by molar-refractivity contribution is -0.131. The van der Waals surface area contributed by atoms with E-state index in [0.29, 0.717) is 25.3 Å². The first-order valence-electron chi connectivity index (χ1n) is 9.45. The van der Waals surface area contributed by atoms with Gasteiger partial charge in [-0.2, -0.15) is 0 Å². The van der Waals surface area contributed by atoms with Gasteiger partial charge in [0.2, 0.25) is 5.91 Å². The molecule has 0 aliphatic heterocycles. The monoisotopic (exact) mass is 380 g/mol. The van der Waals surface area contributed by atoms with E-state index in [1.54, 1.807) is 18.2 Å². The Bertz CT molecular complexity index is 771. The molecule has 0 aromatic heterocycles. The fourth-order valence-corrected chi connectivity index (χ4v) is 2.81. The average molecular weight is 380 g/mol. The maximum Gasteiger partial charge on any atom is 0.319 e. The summed E-state index contributed by atoms with van der Waals surface area (Å²) in [4.78, 5) is 26.5. The van der Waals surface area contributed by atoms with Gasteiger partial charge in [-0.3, -0.25) is 4.79 Å². The van der Waals surface area contributed by atoms with E-state index < -0.39 is 6.04 Å². The Hall–Kier alpha value is -3.28. The van der Waals surface area contributed by atoms with Crippen LogP contribution in [0.5, 0.6) is 0 Å². The molecule has 0 saturated heterocycles. The van der Waals surface area contributed by atoms with Crippen LogP contribution in [0.3, 0.4) is 0 Å². The number of benzene rings is 2. The maximum absolute atomic E-state index is 13.0. The molecule has 6 heteroatoms. The smallest absolute Gasteiger partial charge is 0.319 e. The summed E-state index contributed by atoms with van der Waals surface area (Å²) in [6.45, 7) is 9.22. The highest BCUT2D eigenvalue weighted by Crippen LogP contribution is 2.23. The molecule has 0 aliphatic rings. The van der Waals surface area contributed by atoms with E-state index in [2.05, 4.69) is 22.5 Å². The van der Waals surface area contributed by atoms with Crippen LogP contribution in [-0.2, 0) is 4.79 Å². The summed E-state index contributed by atoms with van der Waals surface area (Å²) in [6, 6.07) is 16.2. The highest BCUT2D eigenvalue weighted by molar-refractivity contribution is 5.90. The molecule has 0 saturated carbocycles. The third-order valence-corrected chi connectivity index (χ3v) is 4.32. The van der Waals surface area contributed by atoms with E-state index in [9.17, 15) is 9.59 Å². The van der Waals surface area contributed by atoms with Gasteiger partial charge in [0.25, 0.3) is 0 Å². The number of amides is 3. The van der Waals surface area contributed by atoms with Crippen molar-refractivity contribution in [2.24, 2.45) is 0 Å². The lowest BCUT2D eigenvalue weighted by Gasteiger charge is -2.27. The first-order chi connectivity index (χ1) is 13.6. The Kier molecular flexibility index (Phi) is 8.09. The van der Waals surface area contributed by atoms with Crippen LogP contribution in [0.25, 0.3) is 0 Å². The topological polar surface area (TPSA) is 73.5 Å². The maximum atomic E-state index is 13.0. The van der Waals surface area contributed by atoms with Crippen molar-refractivity contribution in [2.45, 2.75) is 19.9 Å². The van der Waals surface area contributed by atoms with Crippen molar-refractivity contribution in [1.82, 2.24) is 10.2 Å². The van der Waals surface area contributed by atoms with E-state index in [1.165, 1.54) is 0 Å². The molecule has 0 fully saturated rings. The van der Waals surface area contributed by atoms with Crippen molar-refractivity contribution in [3.63, 3.8) is 0 Å². The van der Waals surface area contributed by atoms with E-state index >= 15 is 0 Å². The molecule has 1 unspecified atom stereocenters. The molecule has 6 nitrogen and oxygen atoms in total. The molecule has 28 heavy (non-hydrogen) atoms. The van der Waals surface area contributed by atoms with Gasteiger partial charge >= 0.3 is 6.03 Å². The SMILES string of the molecule is C=CCNC(=O)Nc1ccc(NC(C(=O)N(CC)CC)c2ccccc2)cc1. The lowest BCUT2D eigenvalue weighted by Crippen LogP contribution is -2.37. The molecule has 0 aliphatic carbocycles. The Balaban J connectivity index is 2.14. The van der Waals surface area contributed by atoms with Crippen molar-refractivity contribution < 1.29 is 9.59 Å². The van der Waals surface area contributed by atoms with Crippen LogP contribution in [0.15, 0.2) is 67.3 Å². The first kappa shape index (κ1) is 21.0. The number of likely N-dealkylation sites (N-methyl/N-ethyl adjacent to an activating group) is 1. The molecule has 148 valence electrons. The molecule has 0 spiro atoms. The molecular formula is C22H28N4O2. The fraction of sp³-hybridized carbons (Fsp3) is 0.273. The molecule has 2 aromatic rings. The van der Waals surface area contributed by atoms with E-state index in [4.69, 9.17) is 0 Å². The average Bonchev–Trinajstić information content (AvgIpc) is 2.73. The minimum absolute atomic E-state index is 0.0298. The van der Waals surface area contributed by atoms with Gasteiger partial charge < -0.3 is 20.9 Å². The number of nitrogens with one attached hydrogen (secondary N) is 3. The zero-order chi connectivity index (χ0) is 20.4. The molecule has 0 heterocycles. The summed E-state index contributed by atoms with van der Waals surface area (Å²) in [7, 11) is 0. The van der Waals surface area contributed by atoms with Gasteiger partial charge in [0.1, 0.15) is 6.04 Å². The highest BCUT2D eigenvalue weighted by atomic mass is 16.2. The van der Waals surface area contributed by atoms with Gasteiger partial charge in [-0.1, -0.05) is 36.4 Å². The first-order valence-corrected chi connectivity index (χ1v) is 9.45. The summed E-state index contributed by atoms with van der Waals surface area (Å²) in [5.74, 6) is 0.0298. The van der Waals surface area contributed by atoms with E-state index in [0.717, 1.165) is 11.3 Å². The van der Waals surface area contributed by atoms with Gasteiger partial charge in [-0.25, -0.2) is 4.79 Å². The molecule has 0 bridgehead atoms. The lowest BCUT2D eigenvalue weighted by atomic mass is 10.0. The molecule has 0 radical (unpaired) electrons. The van der Waals surface area contributed by atoms with Crippen LogP contribution in [0.2, 0.25) is 0 Å². The number of hydrogen-bond acceptors (Lipinski definition) is 3. The van der Waals surface area contributed by atoms with Crippen molar-refractivity contribution >= 4 is 23.3 Å². The molecule has 3 N–H and O–H groups in total. The number of carbonyl (C=O) groups is 2. The normalized spacial score (nSPS) is 11.2. The standard InChI is InChI=1S/C22H28N4O2/c1-4-16-23-22(28)25-19-14-12-18(13-15-19)24-20(17-10-8-7-9-11-17)21(27)26(5-2)6-3/h4,7-15,20,24H,1,5-6,16H2,2-3H3,(H2,23,25,28). The van der Waals surface area contributed by atoms with Crippen molar-refractivity contribution in [3.05, 3.63) is 72.8 Å². The number of urea groups is 1. The van der Waals surface area contributed by atoms with E-state index in [1.807, 2.05) is 61.2 Å². The van der Waals surface area contributed by atoms with Crippen LogP contribution in [0.4, 0.5) is 16.2 Å². The second-order valence-electron chi connectivity index (χ2n) is 6.20. The zero-order valence-corrected chi connectivity index (χ0v) is 16.4. The zero-order valence-electron chi connectivity index (χ0n) is 16.4. The predicted molar refractivity (Wildman–Crippen MR) is 114 cm³/mol. The summed E-state index contributed by atoms with van der Waals surface area (Å²) in [5.41, 5.74) is 2.37. The Morgan fingerprint density at radius 2 is 1.61 bits per heavy atom. The van der Waals surface area contributed by atoms with Gasteiger partial charge in [-0.05, 0) is 43.7 Å². The van der Waals surface area contributed by atoms with Gasteiger partial charge in [0, 0.05) is 31.0 Å². The van der Waals surface area contributed by atoms with Crippen LogP contribution >= 0.6 is 0 Å². The number of rotatable bonds is 9. The Morgan fingerprint density at radius 1 is 1.00 bits per heavy atom. The van der Waals surface area contributed by atoms with E-state index in [-0.39, 0.29) is 11.9 Å². The number of nitrogens with zero attached hydrogens (tertiary/aromatic N) is 1. The summed E-state index contributed by atoms with van der Waals surface area (Å²) in [5, 5.41) is 8.73. The largest absolute Gasteiger partial charge is 0.370 e. The third-order valence-electron chi connectivity index (χ3n) is 4.32. The van der Waals surface area contributed by atoms with Crippen molar-refractivity contribution in [1.29, 1.82) is 0 Å². The third kappa shape index (κ3) is 5.87. The molecular weight excluding hydrogens is 352 g/mol. The van der Waals surface area contributed by atoms with Crippen LogP contribution in [-0.4, -0.2) is 36.5 Å². The highest BCUT2D eigenvalue weighted by Gasteiger charge is 2.24. The van der Waals surface area contributed by atoms with Crippen LogP contribution in [0.1, 0.15) is 25.5 Å². The molecule has 1 atom stereocenters. The number of carbonyl (C=O) groups excluding carboxylic acids is 2. The second kappa shape index (κ2) is 10.8. The molecule has 3 amide bonds.